The predicted molar refractivity (Wildman–Crippen MR) is 146 cm³/mol. The van der Waals surface area contributed by atoms with E-state index in [2.05, 4.69) is 20.6 Å². The van der Waals surface area contributed by atoms with Gasteiger partial charge in [-0.1, -0.05) is 35.5 Å². The number of benzene rings is 2. The maximum absolute atomic E-state index is 13.3. The smallest absolute Gasteiger partial charge is 0.251 e. The molecule has 4 aromatic rings. The first-order valence-electron chi connectivity index (χ1n) is 13.0. The molecule has 0 radical (unpaired) electrons. The molecule has 2 aliphatic rings. The standard InChI is InChI=1S/C28H28N6O5S/c1-37-23-8-7-19-11-24(23)38-10-9-34-13-21(31-32-34)16-39-25-15-33(14-22(25)30-27(19)36)26(35)12-20-17-40-28(29-20)18-5-3-2-4-6-18/h2-8,11,13,17,22,25H,9-10,12,14-16H2,1H3,(H,30,36)/t22-,25-/m0/s1. The minimum Gasteiger partial charge on any atom is -0.493 e. The molecule has 2 aromatic carbocycles. The zero-order chi connectivity index (χ0) is 27.5. The van der Waals surface area contributed by atoms with Gasteiger partial charge < -0.3 is 24.4 Å². The van der Waals surface area contributed by atoms with Gasteiger partial charge in [0.2, 0.25) is 5.91 Å². The number of likely N-dealkylation sites (tertiary alicyclic amines) is 1. The fourth-order valence-electron chi connectivity index (χ4n) is 4.79. The van der Waals surface area contributed by atoms with Crippen molar-refractivity contribution in [1.29, 1.82) is 0 Å². The SMILES string of the molecule is COc1ccc2cc1OCCn1cc(nn1)CO[C@H]1CN(C(=O)Cc3csc(-c4ccccc4)n3)C[C@@H]1NC2=O. The van der Waals surface area contributed by atoms with E-state index < -0.39 is 12.1 Å². The lowest BCUT2D eigenvalue weighted by atomic mass is 10.1. The largest absolute Gasteiger partial charge is 0.493 e. The second-order valence-corrected chi connectivity index (χ2v) is 10.5. The highest BCUT2D eigenvalue weighted by molar-refractivity contribution is 7.13. The van der Waals surface area contributed by atoms with Gasteiger partial charge in [-0.15, -0.1) is 16.4 Å². The predicted octanol–water partition coefficient (Wildman–Crippen LogP) is 2.57. The van der Waals surface area contributed by atoms with Crippen LogP contribution in [0.25, 0.3) is 10.6 Å². The van der Waals surface area contributed by atoms with Crippen molar-refractivity contribution in [2.75, 3.05) is 26.8 Å². The van der Waals surface area contributed by atoms with Crippen molar-refractivity contribution in [2.24, 2.45) is 0 Å². The van der Waals surface area contributed by atoms with Gasteiger partial charge in [-0.3, -0.25) is 9.59 Å². The molecule has 11 nitrogen and oxygen atoms in total. The van der Waals surface area contributed by atoms with Gasteiger partial charge in [0.05, 0.1) is 50.7 Å². The van der Waals surface area contributed by atoms with E-state index >= 15 is 0 Å². The number of fused-ring (bicyclic) bond motifs is 5. The monoisotopic (exact) mass is 560 g/mol. The number of thiazole rings is 1. The van der Waals surface area contributed by atoms with Crippen molar-refractivity contribution in [2.45, 2.75) is 31.7 Å². The number of nitrogens with one attached hydrogen (secondary N) is 1. The van der Waals surface area contributed by atoms with E-state index in [0.717, 1.165) is 16.3 Å². The third-order valence-corrected chi connectivity index (χ3v) is 7.82. The summed E-state index contributed by atoms with van der Waals surface area (Å²) in [5.41, 5.74) is 2.81. The summed E-state index contributed by atoms with van der Waals surface area (Å²) in [7, 11) is 1.55. The molecule has 6 rings (SSSR count). The average Bonchev–Trinajstić information content (AvgIpc) is 3.72. The summed E-state index contributed by atoms with van der Waals surface area (Å²) in [5.74, 6) is 0.623. The normalized spacial score (nSPS) is 19.1. The Labute approximate surface area is 234 Å². The lowest BCUT2D eigenvalue weighted by Gasteiger charge is -2.20. The zero-order valence-corrected chi connectivity index (χ0v) is 22.7. The van der Waals surface area contributed by atoms with E-state index in [-0.39, 0.29) is 24.8 Å². The Hall–Kier alpha value is -4.29. The summed E-state index contributed by atoms with van der Waals surface area (Å²) in [6, 6.07) is 14.5. The Balaban J connectivity index is 1.20. The Morgan fingerprint density at radius 3 is 2.90 bits per heavy atom. The van der Waals surface area contributed by atoms with Gasteiger partial charge in [0.25, 0.3) is 5.91 Å². The number of aromatic nitrogens is 4. The van der Waals surface area contributed by atoms with Crippen LogP contribution in [0.15, 0.2) is 60.1 Å². The van der Waals surface area contributed by atoms with Gasteiger partial charge >= 0.3 is 0 Å². The molecule has 0 aliphatic carbocycles. The maximum Gasteiger partial charge on any atom is 0.251 e. The van der Waals surface area contributed by atoms with Crippen LogP contribution >= 0.6 is 11.3 Å². The molecule has 1 saturated heterocycles. The van der Waals surface area contributed by atoms with Crippen LogP contribution in [0.5, 0.6) is 11.5 Å². The first kappa shape index (κ1) is 26.0. The highest BCUT2D eigenvalue weighted by Crippen LogP contribution is 2.29. The van der Waals surface area contributed by atoms with Crippen molar-refractivity contribution in [3.05, 3.63) is 77.1 Å². The number of ether oxygens (including phenoxy) is 3. The zero-order valence-electron chi connectivity index (χ0n) is 21.9. The Morgan fingerprint density at radius 1 is 1.18 bits per heavy atom. The summed E-state index contributed by atoms with van der Waals surface area (Å²) in [6.07, 6.45) is 1.55. The van der Waals surface area contributed by atoms with Crippen molar-refractivity contribution >= 4 is 23.2 Å². The van der Waals surface area contributed by atoms with E-state index in [1.54, 1.807) is 41.1 Å². The summed E-state index contributed by atoms with van der Waals surface area (Å²) in [5, 5.41) is 14.2. The first-order valence-corrected chi connectivity index (χ1v) is 13.8. The van der Waals surface area contributed by atoms with Gasteiger partial charge in [0.1, 0.15) is 17.3 Å². The van der Waals surface area contributed by atoms with Gasteiger partial charge in [0, 0.05) is 29.6 Å². The fourth-order valence-corrected chi connectivity index (χ4v) is 5.62. The minimum absolute atomic E-state index is 0.0734. The number of nitrogens with zero attached hydrogens (tertiary/aromatic N) is 5. The number of hydrogen-bond acceptors (Lipinski definition) is 9. The van der Waals surface area contributed by atoms with E-state index in [4.69, 9.17) is 14.2 Å². The topological polar surface area (TPSA) is 121 Å². The number of amides is 2. The molecule has 4 heterocycles. The number of carbonyl (C=O) groups is 2. The molecule has 0 spiro atoms. The van der Waals surface area contributed by atoms with E-state index in [1.165, 1.54) is 11.3 Å². The van der Waals surface area contributed by atoms with Crippen LogP contribution < -0.4 is 14.8 Å². The first-order chi connectivity index (χ1) is 19.6. The molecule has 2 aromatic heterocycles. The molecule has 12 heteroatoms. The van der Waals surface area contributed by atoms with Gasteiger partial charge in [-0.05, 0) is 18.2 Å². The van der Waals surface area contributed by atoms with Crippen molar-refractivity contribution in [1.82, 2.24) is 30.2 Å². The van der Waals surface area contributed by atoms with Crippen LogP contribution in [-0.4, -0.2) is 75.6 Å². The Morgan fingerprint density at radius 2 is 2.05 bits per heavy atom. The van der Waals surface area contributed by atoms with Gasteiger partial charge in [-0.2, -0.15) is 0 Å². The second-order valence-electron chi connectivity index (χ2n) is 9.60. The molecular formula is C28H28N6O5S. The quantitative estimate of drug-likeness (QED) is 0.404. The molecule has 2 aliphatic heterocycles. The van der Waals surface area contributed by atoms with Crippen LogP contribution in [0.1, 0.15) is 21.7 Å². The number of hydrogen-bond donors (Lipinski definition) is 1. The van der Waals surface area contributed by atoms with Crippen molar-refractivity contribution < 1.29 is 23.8 Å². The third-order valence-electron chi connectivity index (χ3n) is 6.88. The molecular weight excluding hydrogens is 532 g/mol. The molecule has 0 saturated carbocycles. The van der Waals surface area contributed by atoms with Gasteiger partial charge in [0.15, 0.2) is 11.5 Å². The van der Waals surface area contributed by atoms with Crippen LogP contribution in [0, 0.1) is 0 Å². The fraction of sp³-hybridized carbons (Fsp3) is 0.321. The molecule has 206 valence electrons. The van der Waals surface area contributed by atoms with Crippen LogP contribution in [0.2, 0.25) is 0 Å². The molecule has 0 unspecified atom stereocenters. The Bertz CT molecular complexity index is 1510. The van der Waals surface area contributed by atoms with Crippen LogP contribution in [0.3, 0.4) is 0 Å². The number of carbonyl (C=O) groups excluding carboxylic acids is 2. The summed E-state index contributed by atoms with van der Waals surface area (Å²) >= 11 is 1.51. The minimum atomic E-state index is -0.424. The molecule has 1 fully saturated rings. The van der Waals surface area contributed by atoms with Crippen molar-refractivity contribution in [3.8, 4) is 22.1 Å². The lowest BCUT2D eigenvalue weighted by molar-refractivity contribution is -0.130. The molecule has 1 N–H and O–H groups in total. The molecule has 2 amide bonds. The number of methoxy groups -OCH3 is 1. The third kappa shape index (κ3) is 5.68. The van der Waals surface area contributed by atoms with Crippen LogP contribution in [-0.2, 0) is 29.1 Å². The maximum atomic E-state index is 13.3. The van der Waals surface area contributed by atoms with E-state index in [9.17, 15) is 9.59 Å². The van der Waals surface area contributed by atoms with Crippen LogP contribution in [0.4, 0.5) is 0 Å². The number of rotatable bonds is 4. The lowest BCUT2D eigenvalue weighted by Crippen LogP contribution is -2.44. The second kappa shape index (κ2) is 11.4. The molecule has 4 bridgehead atoms. The van der Waals surface area contributed by atoms with E-state index in [0.29, 0.717) is 49.0 Å². The summed E-state index contributed by atoms with van der Waals surface area (Å²) < 4.78 is 19.2. The molecule has 2 atom stereocenters. The Kier molecular flexibility index (Phi) is 7.43. The summed E-state index contributed by atoms with van der Waals surface area (Å²) in [6.45, 7) is 1.64. The van der Waals surface area contributed by atoms with Gasteiger partial charge in [-0.25, -0.2) is 9.67 Å². The summed E-state index contributed by atoms with van der Waals surface area (Å²) in [4.78, 5) is 33.0. The molecule has 40 heavy (non-hydrogen) atoms. The highest BCUT2D eigenvalue weighted by Gasteiger charge is 2.37. The highest BCUT2D eigenvalue weighted by atomic mass is 32.1. The van der Waals surface area contributed by atoms with Crippen molar-refractivity contribution in [3.63, 3.8) is 0 Å². The van der Waals surface area contributed by atoms with E-state index in [1.807, 2.05) is 35.7 Å². The average molecular weight is 561 g/mol.